The standard InChI is InChI=1S/C25H27F2N7O5S/c1-14-12-28-22(29-13-14)21(38-5)15(2)40(35)33-25-32-31-23(16-8-6-11-19(30-16)37-4)34(25)20-17(36-3)9-7-10-18(20)39-24(26)27/h6-13,15,21,24H,1-5H3,(H,32,33). The van der Waals surface area contributed by atoms with Crippen LogP contribution in [0.15, 0.2) is 48.8 Å². The summed E-state index contributed by atoms with van der Waals surface area (Å²) in [7, 11) is 2.42. The van der Waals surface area contributed by atoms with Crippen molar-refractivity contribution < 1.29 is 31.9 Å². The summed E-state index contributed by atoms with van der Waals surface area (Å²) in [5.41, 5.74) is 1.18. The predicted molar refractivity (Wildman–Crippen MR) is 142 cm³/mol. The molecule has 0 bridgehead atoms. The number of aromatic nitrogens is 6. The van der Waals surface area contributed by atoms with Gasteiger partial charge < -0.3 is 18.9 Å². The first-order valence-corrected chi connectivity index (χ1v) is 13.1. The van der Waals surface area contributed by atoms with E-state index in [0.29, 0.717) is 5.82 Å². The summed E-state index contributed by atoms with van der Waals surface area (Å²) >= 11 is 0. The van der Waals surface area contributed by atoms with Crippen LogP contribution < -0.4 is 18.9 Å². The maximum atomic E-state index is 13.6. The third kappa shape index (κ3) is 6.15. The number of ether oxygens (including phenoxy) is 4. The number of nitrogens with one attached hydrogen (secondary N) is 1. The van der Waals surface area contributed by atoms with Gasteiger partial charge in [-0.25, -0.2) is 19.2 Å². The summed E-state index contributed by atoms with van der Waals surface area (Å²) in [6, 6.07) is 9.32. The van der Waals surface area contributed by atoms with E-state index in [2.05, 4.69) is 29.9 Å². The Hall–Kier alpha value is -4.24. The molecule has 40 heavy (non-hydrogen) atoms. The molecule has 0 aliphatic heterocycles. The summed E-state index contributed by atoms with van der Waals surface area (Å²) in [6.45, 7) is 0.392. The highest BCUT2D eigenvalue weighted by Crippen LogP contribution is 2.38. The van der Waals surface area contributed by atoms with Gasteiger partial charge in [0.15, 0.2) is 17.4 Å². The van der Waals surface area contributed by atoms with Crippen molar-refractivity contribution in [2.24, 2.45) is 0 Å². The van der Waals surface area contributed by atoms with Gasteiger partial charge >= 0.3 is 6.61 Å². The zero-order valence-corrected chi connectivity index (χ0v) is 23.1. The summed E-state index contributed by atoms with van der Waals surface area (Å²) in [4.78, 5) is 13.0. The third-order valence-electron chi connectivity index (χ3n) is 5.71. The van der Waals surface area contributed by atoms with Crippen LogP contribution in [0.1, 0.15) is 24.4 Å². The van der Waals surface area contributed by atoms with Crippen LogP contribution in [0.25, 0.3) is 17.2 Å². The lowest BCUT2D eigenvalue weighted by Crippen LogP contribution is -2.29. The Morgan fingerprint density at radius 3 is 2.33 bits per heavy atom. The molecule has 4 rings (SSSR count). The Morgan fingerprint density at radius 1 is 0.975 bits per heavy atom. The number of anilines is 1. The lowest BCUT2D eigenvalue weighted by atomic mass is 10.2. The molecule has 0 aliphatic carbocycles. The Balaban J connectivity index is 1.82. The summed E-state index contributed by atoms with van der Waals surface area (Å²) in [6.07, 6.45) is 2.52. The maximum absolute atomic E-state index is 13.6. The van der Waals surface area contributed by atoms with Crippen LogP contribution in [0.2, 0.25) is 0 Å². The molecule has 15 heteroatoms. The molecule has 0 fully saturated rings. The molecule has 0 aliphatic rings. The van der Waals surface area contributed by atoms with Crippen molar-refractivity contribution in [2.45, 2.75) is 31.8 Å². The quantitative estimate of drug-likeness (QED) is 0.265. The first kappa shape index (κ1) is 28.8. The largest absolute Gasteiger partial charge is 0.494 e. The minimum absolute atomic E-state index is 0.0345. The van der Waals surface area contributed by atoms with E-state index in [1.54, 1.807) is 43.6 Å². The normalized spacial score (nSPS) is 13.5. The predicted octanol–water partition coefficient (Wildman–Crippen LogP) is 3.90. The van der Waals surface area contributed by atoms with E-state index in [1.807, 2.05) is 6.92 Å². The van der Waals surface area contributed by atoms with E-state index < -0.39 is 29.0 Å². The Bertz CT molecular complexity index is 1470. The zero-order chi connectivity index (χ0) is 28.8. The fourth-order valence-corrected chi connectivity index (χ4v) is 4.77. The van der Waals surface area contributed by atoms with E-state index in [0.717, 1.165) is 5.56 Å². The van der Waals surface area contributed by atoms with E-state index in [9.17, 15) is 13.0 Å². The number of hydrogen-bond acceptors (Lipinski definition) is 10. The molecule has 0 saturated heterocycles. The number of alkyl halides is 2. The molecule has 4 aromatic rings. The van der Waals surface area contributed by atoms with E-state index in [4.69, 9.17) is 18.9 Å². The monoisotopic (exact) mass is 575 g/mol. The van der Waals surface area contributed by atoms with Crippen molar-refractivity contribution in [3.63, 3.8) is 0 Å². The smallest absolute Gasteiger partial charge is 0.387 e. The van der Waals surface area contributed by atoms with Gasteiger partial charge in [0.25, 0.3) is 0 Å². The van der Waals surface area contributed by atoms with Crippen LogP contribution in [0.3, 0.4) is 0 Å². The van der Waals surface area contributed by atoms with Crippen LogP contribution in [0, 0.1) is 6.92 Å². The molecule has 0 saturated carbocycles. The number of nitrogens with zero attached hydrogens (tertiary/aromatic N) is 6. The van der Waals surface area contributed by atoms with Gasteiger partial charge in [-0.3, -0.25) is 9.29 Å². The average molecular weight is 576 g/mol. The van der Waals surface area contributed by atoms with Gasteiger partial charge in [0.1, 0.15) is 34.2 Å². The zero-order valence-electron chi connectivity index (χ0n) is 22.2. The average Bonchev–Trinajstić information content (AvgIpc) is 3.36. The lowest BCUT2D eigenvalue weighted by molar-refractivity contribution is -0.0499. The molecule has 3 unspecified atom stereocenters. The summed E-state index contributed by atoms with van der Waals surface area (Å²) in [5.74, 6) is 0.599. The highest BCUT2D eigenvalue weighted by molar-refractivity contribution is 7.87. The van der Waals surface area contributed by atoms with Crippen molar-refractivity contribution >= 4 is 16.9 Å². The van der Waals surface area contributed by atoms with Gasteiger partial charge in [-0.1, -0.05) is 12.1 Å². The summed E-state index contributed by atoms with van der Waals surface area (Å²) < 4.78 is 65.6. The Morgan fingerprint density at radius 2 is 1.68 bits per heavy atom. The number of rotatable bonds is 12. The van der Waals surface area contributed by atoms with E-state index >= 15 is 0 Å². The third-order valence-corrected chi connectivity index (χ3v) is 7.02. The van der Waals surface area contributed by atoms with Crippen LogP contribution in [-0.4, -0.2) is 67.1 Å². The molecule has 3 heterocycles. The number of halogens is 2. The second-order valence-electron chi connectivity index (χ2n) is 8.31. The number of pyridine rings is 1. The molecular formula is C25H27F2N7O5S. The molecule has 3 aromatic heterocycles. The van der Waals surface area contributed by atoms with E-state index in [1.165, 1.54) is 38.0 Å². The number of aryl methyl sites for hydroxylation is 1. The molecule has 0 radical (unpaired) electrons. The van der Waals surface area contributed by atoms with Crippen LogP contribution in [-0.2, 0) is 15.7 Å². The minimum atomic E-state index is -3.14. The topological polar surface area (TPSA) is 135 Å². The van der Waals surface area contributed by atoms with Gasteiger partial charge in [-0.05, 0) is 37.6 Å². The molecule has 12 nitrogen and oxygen atoms in total. The Kier molecular flexibility index (Phi) is 9.16. The molecular weight excluding hydrogens is 548 g/mol. The molecule has 1 N–H and O–H groups in total. The number of methoxy groups -OCH3 is 3. The van der Waals surface area contributed by atoms with E-state index in [-0.39, 0.29) is 40.5 Å². The molecule has 1 aromatic carbocycles. The van der Waals surface area contributed by atoms with Crippen LogP contribution in [0.5, 0.6) is 17.4 Å². The Labute approximate surface area is 231 Å². The number of hydrogen-bond donors (Lipinski definition) is 1. The van der Waals surface area contributed by atoms with Crippen molar-refractivity contribution in [3.05, 3.63) is 60.2 Å². The number of para-hydroxylation sites is 1. The van der Waals surface area contributed by atoms with Crippen molar-refractivity contribution in [3.8, 4) is 34.6 Å². The second-order valence-corrected chi connectivity index (χ2v) is 9.86. The van der Waals surface area contributed by atoms with Crippen molar-refractivity contribution in [2.75, 3.05) is 26.1 Å². The van der Waals surface area contributed by atoms with Gasteiger partial charge in [0, 0.05) is 25.6 Å². The maximum Gasteiger partial charge on any atom is 0.387 e. The van der Waals surface area contributed by atoms with Gasteiger partial charge in [-0.15, -0.1) is 10.2 Å². The van der Waals surface area contributed by atoms with Gasteiger partial charge in [-0.2, -0.15) is 8.78 Å². The molecule has 0 spiro atoms. The van der Waals surface area contributed by atoms with Crippen LogP contribution >= 0.6 is 0 Å². The first-order chi connectivity index (χ1) is 19.3. The second kappa shape index (κ2) is 12.7. The van der Waals surface area contributed by atoms with Crippen molar-refractivity contribution in [1.82, 2.24) is 29.7 Å². The van der Waals surface area contributed by atoms with Crippen LogP contribution in [0.4, 0.5) is 14.7 Å². The number of benzene rings is 1. The summed E-state index contributed by atoms with van der Waals surface area (Å²) in [5, 5.41) is 7.70. The van der Waals surface area contributed by atoms with Crippen molar-refractivity contribution in [1.29, 1.82) is 0 Å². The minimum Gasteiger partial charge on any atom is -0.494 e. The highest BCUT2D eigenvalue weighted by Gasteiger charge is 2.30. The first-order valence-electron chi connectivity index (χ1n) is 11.8. The fourth-order valence-electron chi connectivity index (χ4n) is 3.81. The highest BCUT2D eigenvalue weighted by atomic mass is 32.2. The fraction of sp³-hybridized carbons (Fsp3) is 0.320. The SMILES string of the molecule is COc1cccc(-c2nnc(NS(=O)C(C)C(OC)c3ncc(C)cn3)n2-c2c(OC)cccc2OC(F)F)n1. The van der Waals surface area contributed by atoms with Gasteiger partial charge in [0.05, 0.1) is 19.5 Å². The lowest BCUT2D eigenvalue weighted by Gasteiger charge is -2.22. The molecule has 3 atom stereocenters. The molecule has 0 amide bonds. The van der Waals surface area contributed by atoms with Gasteiger partial charge in [0.2, 0.25) is 11.8 Å². The molecule has 212 valence electrons.